The third-order valence-corrected chi connectivity index (χ3v) is 9.89. The normalized spacial score (nSPS) is 22.5. The van der Waals surface area contributed by atoms with Gasteiger partial charge in [-0.3, -0.25) is 4.79 Å². The van der Waals surface area contributed by atoms with Crippen molar-refractivity contribution in [1.82, 2.24) is 20.2 Å². The van der Waals surface area contributed by atoms with Gasteiger partial charge in [-0.1, -0.05) is 6.07 Å². The Bertz CT molecular complexity index is 1580. The maximum Gasteiger partial charge on any atom is 0.217 e. The lowest BCUT2D eigenvalue weighted by atomic mass is 9.72. The van der Waals surface area contributed by atoms with Crippen LogP contribution in [0.5, 0.6) is 11.5 Å². The van der Waals surface area contributed by atoms with Crippen LogP contribution in [0.3, 0.4) is 0 Å². The van der Waals surface area contributed by atoms with Crippen LogP contribution in [-0.2, 0) is 4.79 Å². The smallest absolute Gasteiger partial charge is 0.217 e. The molecule has 4 aliphatic rings. The zero-order valence-electron chi connectivity index (χ0n) is 25.3. The quantitative estimate of drug-likeness (QED) is 0.323. The van der Waals surface area contributed by atoms with Crippen LogP contribution in [0, 0.1) is 28.5 Å². The van der Waals surface area contributed by atoms with Gasteiger partial charge in [0.05, 0.1) is 17.8 Å². The Morgan fingerprint density at radius 2 is 1.84 bits per heavy atom. The number of nitriles is 1. The predicted molar refractivity (Wildman–Crippen MR) is 166 cm³/mol. The summed E-state index contributed by atoms with van der Waals surface area (Å²) in [6.07, 6.45) is 11.2. The summed E-state index contributed by atoms with van der Waals surface area (Å²) in [7, 11) is 0. The van der Waals surface area contributed by atoms with E-state index in [4.69, 9.17) is 4.74 Å². The molecule has 1 aromatic heterocycles. The van der Waals surface area contributed by atoms with Gasteiger partial charge < -0.3 is 19.9 Å². The number of halogens is 1. The summed E-state index contributed by atoms with van der Waals surface area (Å²) in [6, 6.07) is 12.8. The molecule has 8 nitrogen and oxygen atoms in total. The predicted octanol–water partition coefficient (Wildman–Crippen LogP) is 6.03. The Hall–Kier alpha value is -4.03. The van der Waals surface area contributed by atoms with E-state index in [1.165, 1.54) is 31.4 Å². The fourth-order valence-electron chi connectivity index (χ4n) is 7.57. The monoisotopic (exact) mass is 594 g/mol. The molecule has 2 aliphatic carbocycles. The Kier molecular flexibility index (Phi) is 7.71. The highest BCUT2D eigenvalue weighted by Gasteiger charge is 2.52. The molecule has 228 valence electrons. The topological polar surface area (TPSA) is 94.4 Å². The Labute approximate surface area is 258 Å². The van der Waals surface area contributed by atoms with Crippen LogP contribution in [0.4, 0.5) is 10.2 Å². The first kappa shape index (κ1) is 28.7. The van der Waals surface area contributed by atoms with E-state index in [9.17, 15) is 14.4 Å². The number of likely N-dealkylation sites (tertiary alicyclic amines) is 1. The molecule has 9 heteroatoms. The second kappa shape index (κ2) is 11.8. The lowest BCUT2D eigenvalue weighted by Gasteiger charge is -2.61. The van der Waals surface area contributed by atoms with Crippen molar-refractivity contribution in [2.75, 3.05) is 37.6 Å². The summed E-state index contributed by atoms with van der Waals surface area (Å²) in [4.78, 5) is 25.0. The number of benzene rings is 2. The number of carbonyl (C=O) groups is 1. The molecule has 7 rings (SSSR count). The number of aromatic nitrogens is 2. The first-order valence-electron chi connectivity index (χ1n) is 15.9. The van der Waals surface area contributed by atoms with Gasteiger partial charge in [-0.15, -0.1) is 0 Å². The molecular weight excluding hydrogens is 555 g/mol. The molecule has 2 saturated carbocycles. The second-order valence-electron chi connectivity index (χ2n) is 13.4. The van der Waals surface area contributed by atoms with Crippen molar-refractivity contribution in [2.24, 2.45) is 11.3 Å². The molecule has 0 atom stereocenters. The Morgan fingerprint density at radius 3 is 2.57 bits per heavy atom. The average Bonchev–Trinajstić information content (AvgIpc) is 3.83. The highest BCUT2D eigenvalue weighted by molar-refractivity contribution is 5.76. The van der Waals surface area contributed by atoms with Gasteiger partial charge in [0.25, 0.3) is 0 Å². The van der Waals surface area contributed by atoms with Gasteiger partial charge in [0, 0.05) is 50.1 Å². The van der Waals surface area contributed by atoms with Crippen LogP contribution in [-0.4, -0.2) is 59.5 Å². The number of ether oxygens (including phenoxy) is 1. The first-order valence-corrected chi connectivity index (χ1v) is 15.9. The van der Waals surface area contributed by atoms with Gasteiger partial charge in [-0.25, -0.2) is 14.4 Å². The molecule has 3 aromatic rings. The van der Waals surface area contributed by atoms with Crippen LogP contribution in [0.15, 0.2) is 48.9 Å². The minimum Gasteiger partial charge on any atom is -0.451 e. The number of nitrogens with one attached hydrogen (secondary N) is 1. The van der Waals surface area contributed by atoms with Crippen molar-refractivity contribution >= 4 is 11.7 Å². The van der Waals surface area contributed by atoms with E-state index in [-0.39, 0.29) is 11.7 Å². The largest absolute Gasteiger partial charge is 0.451 e. The van der Waals surface area contributed by atoms with Crippen LogP contribution in [0.25, 0.3) is 11.1 Å². The van der Waals surface area contributed by atoms with Gasteiger partial charge in [0.15, 0.2) is 11.6 Å². The van der Waals surface area contributed by atoms with E-state index < -0.39 is 0 Å². The van der Waals surface area contributed by atoms with Crippen molar-refractivity contribution < 1.29 is 13.9 Å². The summed E-state index contributed by atoms with van der Waals surface area (Å²) in [5, 5.41) is 12.5. The Balaban J connectivity index is 0.980. The molecule has 1 amide bonds. The summed E-state index contributed by atoms with van der Waals surface area (Å²) < 4.78 is 21.0. The van der Waals surface area contributed by atoms with Crippen molar-refractivity contribution in [3.05, 3.63) is 65.9 Å². The molecule has 4 fully saturated rings. The molecule has 3 heterocycles. The average molecular weight is 595 g/mol. The summed E-state index contributed by atoms with van der Waals surface area (Å²) in [5.74, 6) is 2.76. The number of carbonyl (C=O) groups excluding carboxylic acids is 1. The zero-order valence-corrected chi connectivity index (χ0v) is 25.3. The molecule has 2 saturated heterocycles. The van der Waals surface area contributed by atoms with E-state index >= 15 is 0 Å². The van der Waals surface area contributed by atoms with E-state index in [0.717, 1.165) is 81.3 Å². The lowest BCUT2D eigenvalue weighted by Crippen LogP contribution is -2.72. The van der Waals surface area contributed by atoms with Crippen molar-refractivity contribution in [2.45, 2.75) is 63.8 Å². The SMILES string of the molecule is CC(=O)NC1CCC(CCN2CC3(C2)CN(c2ncncc2Oc2ccc(F)cc2-c2ccc(C#N)cc2C2CC2)C3)CC1. The maximum atomic E-state index is 14.6. The van der Waals surface area contributed by atoms with Gasteiger partial charge in [0.1, 0.15) is 17.9 Å². The van der Waals surface area contributed by atoms with Crippen LogP contribution < -0.4 is 15.0 Å². The highest BCUT2D eigenvalue weighted by Crippen LogP contribution is 2.48. The molecule has 2 aromatic carbocycles. The standard InChI is InChI=1S/C35H39FN6O2/c1-23(43)40-28-8-2-24(3-9-28)12-13-41-18-35(19-41)20-42(21-35)34-33(17-38-22-39-34)44-32-11-7-27(36)15-31(32)29-10-4-25(16-37)14-30(29)26-5-6-26/h4,7,10-11,14-15,17,22,24,26,28H,2-3,5-6,8-9,12-13,18-21H2,1H3,(H,40,43). The summed E-state index contributed by atoms with van der Waals surface area (Å²) >= 11 is 0. The van der Waals surface area contributed by atoms with Gasteiger partial charge in [-0.05, 0) is 105 Å². The molecular formula is C35H39FN6O2. The van der Waals surface area contributed by atoms with Crippen LogP contribution >= 0.6 is 0 Å². The highest BCUT2D eigenvalue weighted by atomic mass is 19.1. The molecule has 0 unspecified atom stereocenters. The van der Waals surface area contributed by atoms with E-state index in [1.54, 1.807) is 31.6 Å². The number of anilines is 1. The minimum atomic E-state index is -0.333. The van der Waals surface area contributed by atoms with Gasteiger partial charge in [0.2, 0.25) is 5.91 Å². The molecule has 1 N–H and O–H groups in total. The maximum absolute atomic E-state index is 14.6. The number of hydrogen-bond acceptors (Lipinski definition) is 7. The van der Waals surface area contributed by atoms with Crippen LogP contribution in [0.2, 0.25) is 0 Å². The summed E-state index contributed by atoms with van der Waals surface area (Å²) in [6.45, 7) is 6.82. The molecule has 2 aliphatic heterocycles. The first-order chi connectivity index (χ1) is 21.4. The number of hydrogen-bond donors (Lipinski definition) is 1. The molecule has 1 spiro atoms. The number of rotatable bonds is 9. The van der Waals surface area contributed by atoms with Gasteiger partial charge >= 0.3 is 0 Å². The van der Waals surface area contributed by atoms with Crippen molar-refractivity contribution in [1.29, 1.82) is 5.26 Å². The molecule has 0 radical (unpaired) electrons. The fourth-order valence-corrected chi connectivity index (χ4v) is 7.57. The molecule has 0 bridgehead atoms. The minimum absolute atomic E-state index is 0.0836. The summed E-state index contributed by atoms with van der Waals surface area (Å²) in [5.41, 5.74) is 3.55. The van der Waals surface area contributed by atoms with Crippen molar-refractivity contribution in [3.8, 4) is 28.7 Å². The lowest BCUT2D eigenvalue weighted by molar-refractivity contribution is -0.119. The molecule has 44 heavy (non-hydrogen) atoms. The number of nitrogens with zero attached hydrogens (tertiary/aromatic N) is 5. The zero-order chi connectivity index (χ0) is 30.3. The van der Waals surface area contributed by atoms with E-state index in [0.29, 0.717) is 40.0 Å². The van der Waals surface area contributed by atoms with Crippen molar-refractivity contribution in [3.63, 3.8) is 0 Å². The Morgan fingerprint density at radius 1 is 1.05 bits per heavy atom. The van der Waals surface area contributed by atoms with Crippen LogP contribution in [0.1, 0.15) is 68.9 Å². The van der Waals surface area contributed by atoms with E-state index in [2.05, 4.69) is 31.2 Å². The third-order valence-electron chi connectivity index (χ3n) is 9.89. The van der Waals surface area contributed by atoms with E-state index in [1.807, 2.05) is 12.1 Å². The fraction of sp³-hybridized carbons (Fsp3) is 0.486. The second-order valence-corrected chi connectivity index (χ2v) is 13.4. The third kappa shape index (κ3) is 6.00. The number of amides is 1. The van der Waals surface area contributed by atoms with Gasteiger partial charge in [-0.2, -0.15) is 5.26 Å².